The van der Waals surface area contributed by atoms with E-state index >= 15 is 0 Å². The molecular formula is C47H28N4. The number of nitrogens with zero attached hydrogens (tertiary/aromatic N) is 4. The maximum atomic E-state index is 5.30. The zero-order valence-electron chi connectivity index (χ0n) is 27.5. The Morgan fingerprint density at radius 2 is 1.08 bits per heavy atom. The van der Waals surface area contributed by atoms with Crippen molar-refractivity contribution in [2.45, 2.75) is 0 Å². The SMILES string of the molecule is c1ccc2cc(-c3nc(-c4ccc(-n5c6cc7ccccc7cc6c6c7ccccc7ccc65)c5ccccc45)nc4ncccc34)ccc2c1. The lowest BCUT2D eigenvalue weighted by atomic mass is 10.0. The highest BCUT2D eigenvalue weighted by atomic mass is 15.0. The highest BCUT2D eigenvalue weighted by molar-refractivity contribution is 6.24. The van der Waals surface area contributed by atoms with Crippen LogP contribution in [0, 0.1) is 0 Å². The number of pyridine rings is 1. The largest absolute Gasteiger partial charge is 0.309 e. The van der Waals surface area contributed by atoms with Crippen molar-refractivity contribution in [1.29, 1.82) is 0 Å². The Morgan fingerprint density at radius 3 is 1.92 bits per heavy atom. The maximum Gasteiger partial charge on any atom is 0.163 e. The van der Waals surface area contributed by atoms with Crippen molar-refractivity contribution >= 4 is 75.9 Å². The minimum absolute atomic E-state index is 0.659. The van der Waals surface area contributed by atoms with Gasteiger partial charge in [-0.25, -0.2) is 15.0 Å². The molecule has 0 N–H and O–H groups in total. The van der Waals surface area contributed by atoms with Gasteiger partial charge in [0.05, 0.1) is 22.4 Å². The van der Waals surface area contributed by atoms with E-state index in [1.807, 2.05) is 6.07 Å². The molecule has 11 rings (SSSR count). The van der Waals surface area contributed by atoms with E-state index in [-0.39, 0.29) is 0 Å². The molecule has 0 spiro atoms. The van der Waals surface area contributed by atoms with E-state index in [2.05, 4.69) is 162 Å². The van der Waals surface area contributed by atoms with Crippen molar-refractivity contribution in [3.05, 3.63) is 170 Å². The number of aromatic nitrogens is 4. The Bertz CT molecular complexity index is 3210. The minimum atomic E-state index is 0.659. The van der Waals surface area contributed by atoms with Crippen LogP contribution in [0.2, 0.25) is 0 Å². The highest BCUT2D eigenvalue weighted by Crippen LogP contribution is 2.42. The molecule has 4 heteroatoms. The first-order chi connectivity index (χ1) is 25.3. The molecule has 0 aliphatic rings. The van der Waals surface area contributed by atoms with Crippen molar-refractivity contribution in [2.75, 3.05) is 0 Å². The maximum absolute atomic E-state index is 5.30. The fraction of sp³-hybridized carbons (Fsp3) is 0. The van der Waals surface area contributed by atoms with Crippen LogP contribution >= 0.6 is 0 Å². The first kappa shape index (κ1) is 28.0. The van der Waals surface area contributed by atoms with Gasteiger partial charge in [0.25, 0.3) is 0 Å². The van der Waals surface area contributed by atoms with Crippen molar-refractivity contribution in [2.24, 2.45) is 0 Å². The van der Waals surface area contributed by atoms with Crippen molar-refractivity contribution in [3.63, 3.8) is 0 Å². The second-order valence-electron chi connectivity index (χ2n) is 13.2. The van der Waals surface area contributed by atoms with Crippen LogP contribution in [-0.2, 0) is 0 Å². The van der Waals surface area contributed by atoms with Crippen LogP contribution in [0.4, 0.5) is 0 Å². The fourth-order valence-electron chi connectivity index (χ4n) is 8.04. The van der Waals surface area contributed by atoms with Gasteiger partial charge in [-0.05, 0) is 86.2 Å². The lowest BCUT2D eigenvalue weighted by Crippen LogP contribution is -1.99. The predicted molar refractivity (Wildman–Crippen MR) is 213 cm³/mol. The van der Waals surface area contributed by atoms with Crippen LogP contribution < -0.4 is 0 Å². The number of fused-ring (bicyclic) bond motifs is 9. The molecule has 0 saturated carbocycles. The summed E-state index contributed by atoms with van der Waals surface area (Å²) in [6.45, 7) is 0. The molecule has 51 heavy (non-hydrogen) atoms. The molecule has 3 aromatic heterocycles. The third-order valence-corrected chi connectivity index (χ3v) is 10.4. The minimum Gasteiger partial charge on any atom is -0.309 e. The second-order valence-corrected chi connectivity index (χ2v) is 13.2. The Morgan fingerprint density at radius 1 is 0.412 bits per heavy atom. The number of benzene rings is 8. The van der Waals surface area contributed by atoms with Crippen molar-refractivity contribution < 1.29 is 0 Å². The first-order valence-electron chi connectivity index (χ1n) is 17.3. The van der Waals surface area contributed by atoms with Gasteiger partial charge >= 0.3 is 0 Å². The summed E-state index contributed by atoms with van der Waals surface area (Å²) in [6, 6.07) is 58.6. The highest BCUT2D eigenvalue weighted by Gasteiger charge is 2.20. The summed E-state index contributed by atoms with van der Waals surface area (Å²) in [5.74, 6) is 0.659. The van der Waals surface area contributed by atoms with E-state index in [4.69, 9.17) is 15.0 Å². The van der Waals surface area contributed by atoms with Crippen LogP contribution in [0.5, 0.6) is 0 Å². The van der Waals surface area contributed by atoms with Gasteiger partial charge < -0.3 is 4.57 Å². The average molecular weight is 649 g/mol. The van der Waals surface area contributed by atoms with Gasteiger partial charge in [0, 0.05) is 38.9 Å². The Labute approximate surface area is 292 Å². The molecule has 0 amide bonds. The number of rotatable bonds is 3. The summed E-state index contributed by atoms with van der Waals surface area (Å²) in [5.41, 5.74) is 7.06. The zero-order chi connectivity index (χ0) is 33.5. The lowest BCUT2D eigenvalue weighted by molar-refractivity contribution is 1.18. The Hall–Kier alpha value is -6.91. The molecule has 0 aliphatic carbocycles. The monoisotopic (exact) mass is 648 g/mol. The molecule has 4 nitrogen and oxygen atoms in total. The van der Waals surface area contributed by atoms with E-state index in [1.54, 1.807) is 6.20 Å². The van der Waals surface area contributed by atoms with Gasteiger partial charge in [0.2, 0.25) is 0 Å². The summed E-state index contributed by atoms with van der Waals surface area (Å²) in [5, 5.41) is 13.0. The Kier molecular flexibility index (Phi) is 5.92. The number of hydrogen-bond donors (Lipinski definition) is 0. The molecule has 0 unspecified atom stereocenters. The fourth-order valence-corrected chi connectivity index (χ4v) is 8.04. The quantitative estimate of drug-likeness (QED) is 0.191. The smallest absolute Gasteiger partial charge is 0.163 e. The second kappa shape index (κ2) is 10.8. The van der Waals surface area contributed by atoms with Crippen LogP contribution in [0.1, 0.15) is 0 Å². The van der Waals surface area contributed by atoms with E-state index < -0.39 is 0 Å². The first-order valence-corrected chi connectivity index (χ1v) is 17.3. The van der Waals surface area contributed by atoms with Gasteiger partial charge in [-0.15, -0.1) is 0 Å². The Balaban J connectivity index is 1.19. The van der Waals surface area contributed by atoms with Crippen molar-refractivity contribution in [1.82, 2.24) is 19.5 Å². The molecule has 8 aromatic carbocycles. The van der Waals surface area contributed by atoms with Gasteiger partial charge in [-0.3, -0.25) is 0 Å². The average Bonchev–Trinajstić information content (AvgIpc) is 3.52. The topological polar surface area (TPSA) is 43.6 Å². The third kappa shape index (κ3) is 4.23. The summed E-state index contributed by atoms with van der Waals surface area (Å²) < 4.78 is 2.44. The molecule has 0 saturated heterocycles. The summed E-state index contributed by atoms with van der Waals surface area (Å²) in [7, 11) is 0. The van der Waals surface area contributed by atoms with Gasteiger partial charge in [-0.2, -0.15) is 0 Å². The van der Waals surface area contributed by atoms with Crippen LogP contribution in [0.3, 0.4) is 0 Å². The summed E-state index contributed by atoms with van der Waals surface area (Å²) in [4.78, 5) is 15.1. The molecule has 11 aromatic rings. The van der Waals surface area contributed by atoms with E-state index in [0.717, 1.165) is 38.7 Å². The molecular weight excluding hydrogens is 621 g/mol. The third-order valence-electron chi connectivity index (χ3n) is 10.4. The van der Waals surface area contributed by atoms with E-state index in [0.29, 0.717) is 11.5 Å². The normalized spacial score (nSPS) is 11.9. The molecule has 0 radical (unpaired) electrons. The molecule has 0 bridgehead atoms. The van der Waals surface area contributed by atoms with Gasteiger partial charge in [-0.1, -0.05) is 115 Å². The lowest BCUT2D eigenvalue weighted by Gasteiger charge is -2.15. The van der Waals surface area contributed by atoms with E-state index in [1.165, 1.54) is 54.1 Å². The predicted octanol–water partition coefficient (Wildman–Crippen LogP) is 12.1. The van der Waals surface area contributed by atoms with Gasteiger partial charge in [0.15, 0.2) is 11.5 Å². The molecule has 0 fully saturated rings. The molecule has 3 heterocycles. The van der Waals surface area contributed by atoms with Crippen molar-refractivity contribution in [3.8, 4) is 28.3 Å². The van der Waals surface area contributed by atoms with Crippen LogP contribution in [0.15, 0.2) is 170 Å². The molecule has 0 aliphatic heterocycles. The summed E-state index contributed by atoms with van der Waals surface area (Å²) in [6.07, 6.45) is 1.81. The molecule has 0 atom stereocenters. The van der Waals surface area contributed by atoms with E-state index in [9.17, 15) is 0 Å². The van der Waals surface area contributed by atoms with Crippen LogP contribution in [0.25, 0.3) is 104 Å². The standard InChI is InChI=1S/C47H28N4/c1-2-12-31-26-34(20-19-29(31)10-1)45-39-18-9-25-48-46(39)50-47(49-45)38-22-24-41(37-17-8-7-16-36(37)38)51-42-23-21-30-11-5-6-15-35(30)44(42)40-27-32-13-3-4-14-33(32)28-43(40)51/h1-28H. The zero-order valence-corrected chi connectivity index (χ0v) is 27.5. The number of hydrogen-bond acceptors (Lipinski definition) is 3. The van der Waals surface area contributed by atoms with Gasteiger partial charge in [0.1, 0.15) is 0 Å². The summed E-state index contributed by atoms with van der Waals surface area (Å²) >= 11 is 0. The molecule has 236 valence electrons. The van der Waals surface area contributed by atoms with Crippen LogP contribution in [-0.4, -0.2) is 19.5 Å².